The van der Waals surface area contributed by atoms with Gasteiger partial charge >= 0.3 is 0 Å². The molecule has 0 unspecified atom stereocenters. The van der Waals surface area contributed by atoms with Crippen LogP contribution in [0.25, 0.3) is 10.8 Å². The number of aliphatic hydroxyl groups is 4. The molecule has 2 saturated heterocycles. The summed E-state index contributed by atoms with van der Waals surface area (Å²) in [6, 6.07) is 17.6. The fraction of sp³-hybridized carbons (Fsp3) is 0.375. The lowest BCUT2D eigenvalue weighted by atomic mass is 9.92. The molecule has 240 valence electrons. The van der Waals surface area contributed by atoms with Gasteiger partial charge in [-0.2, -0.15) is 0 Å². The fourth-order valence-electron chi connectivity index (χ4n) is 6.52. The van der Waals surface area contributed by atoms with Gasteiger partial charge in [-0.3, -0.25) is 19.4 Å². The molecule has 4 heterocycles. The molecule has 1 aromatic heterocycles. The number of hydrogen-bond acceptors (Lipinski definition) is 11. The summed E-state index contributed by atoms with van der Waals surface area (Å²) in [4.78, 5) is 33.3. The highest BCUT2D eigenvalue weighted by atomic mass is 79.9. The number of imide groups is 1. The van der Waals surface area contributed by atoms with E-state index in [-0.39, 0.29) is 12.2 Å². The fourth-order valence-corrected chi connectivity index (χ4v) is 6.78. The maximum atomic E-state index is 13.7. The number of nitrogens with zero attached hydrogens (tertiary/aromatic N) is 6. The molecule has 2 fully saturated rings. The number of hydrogen-bond donors (Lipinski definition) is 4. The van der Waals surface area contributed by atoms with Gasteiger partial charge in [0.1, 0.15) is 30.1 Å². The molecule has 7 rings (SSSR count). The number of aliphatic hydroxyl groups excluding tert-OH is 4. The van der Waals surface area contributed by atoms with Crippen LogP contribution in [0, 0.1) is 0 Å². The molecular formula is C32H33BrN6O7. The summed E-state index contributed by atoms with van der Waals surface area (Å²) in [5.41, 5.74) is 3.33. The maximum absolute atomic E-state index is 13.7. The number of rotatable bonds is 7. The quantitative estimate of drug-likeness (QED) is 0.206. The maximum Gasteiger partial charge on any atom is 0.261 e. The first-order valence-corrected chi connectivity index (χ1v) is 15.9. The van der Waals surface area contributed by atoms with Crippen LogP contribution >= 0.6 is 15.9 Å². The van der Waals surface area contributed by atoms with Crippen LogP contribution in [0.2, 0.25) is 0 Å². The van der Waals surface area contributed by atoms with Gasteiger partial charge in [0, 0.05) is 64.8 Å². The highest BCUT2D eigenvalue weighted by Gasteiger charge is 2.45. The minimum Gasteiger partial charge on any atom is -0.394 e. The van der Waals surface area contributed by atoms with E-state index in [2.05, 4.69) is 60.3 Å². The molecule has 2 amide bonds. The van der Waals surface area contributed by atoms with Gasteiger partial charge in [-0.05, 0) is 35.9 Å². The van der Waals surface area contributed by atoms with E-state index in [9.17, 15) is 30.0 Å². The lowest BCUT2D eigenvalue weighted by Crippen LogP contribution is -2.56. The van der Waals surface area contributed by atoms with Crippen LogP contribution in [0.1, 0.15) is 38.2 Å². The van der Waals surface area contributed by atoms with E-state index < -0.39 is 49.1 Å². The number of aromatic nitrogens is 3. The van der Waals surface area contributed by atoms with Gasteiger partial charge in [-0.25, -0.2) is 4.68 Å². The first-order valence-electron chi connectivity index (χ1n) is 15.1. The zero-order valence-corrected chi connectivity index (χ0v) is 26.3. The van der Waals surface area contributed by atoms with Crippen molar-refractivity contribution < 1.29 is 34.8 Å². The molecule has 0 radical (unpaired) electrons. The Labute approximate surface area is 272 Å². The van der Waals surface area contributed by atoms with Gasteiger partial charge in [0.25, 0.3) is 11.8 Å². The molecule has 5 atom stereocenters. The van der Waals surface area contributed by atoms with E-state index in [0.29, 0.717) is 16.5 Å². The zero-order valence-electron chi connectivity index (χ0n) is 24.7. The number of piperazine rings is 1. The average molecular weight is 694 g/mol. The molecule has 0 saturated carbocycles. The number of anilines is 1. The molecule has 3 aliphatic rings. The van der Waals surface area contributed by atoms with Gasteiger partial charge in [-0.15, -0.1) is 5.10 Å². The molecular weight excluding hydrogens is 660 g/mol. The van der Waals surface area contributed by atoms with E-state index in [1.54, 1.807) is 12.1 Å². The smallest absolute Gasteiger partial charge is 0.261 e. The predicted molar refractivity (Wildman–Crippen MR) is 169 cm³/mol. The first-order chi connectivity index (χ1) is 22.2. The van der Waals surface area contributed by atoms with E-state index >= 15 is 0 Å². The Bertz CT molecular complexity index is 1750. The van der Waals surface area contributed by atoms with E-state index in [1.165, 1.54) is 11.8 Å². The van der Waals surface area contributed by atoms with Crippen molar-refractivity contribution in [1.29, 1.82) is 0 Å². The monoisotopic (exact) mass is 692 g/mol. The molecule has 4 N–H and O–H groups in total. The Kier molecular flexibility index (Phi) is 8.35. The third-order valence-electron chi connectivity index (χ3n) is 9.01. The van der Waals surface area contributed by atoms with Crippen LogP contribution in [0.3, 0.4) is 0 Å². The molecule has 13 nitrogen and oxygen atoms in total. The lowest BCUT2D eigenvalue weighted by molar-refractivity contribution is -0.254. The summed E-state index contributed by atoms with van der Waals surface area (Å²) in [6.07, 6.45) is -5.64. The van der Waals surface area contributed by atoms with E-state index in [4.69, 9.17) is 4.74 Å². The van der Waals surface area contributed by atoms with Crippen molar-refractivity contribution in [2.75, 3.05) is 37.7 Å². The molecule has 0 aliphatic carbocycles. The second-order valence-corrected chi connectivity index (χ2v) is 12.8. The molecule has 0 bridgehead atoms. The Morgan fingerprint density at radius 1 is 0.848 bits per heavy atom. The van der Waals surface area contributed by atoms with Crippen LogP contribution in [0.4, 0.5) is 5.69 Å². The molecule has 14 heteroatoms. The number of ether oxygens (including phenoxy) is 1. The van der Waals surface area contributed by atoms with Crippen LogP contribution in [0.15, 0.2) is 65.3 Å². The lowest BCUT2D eigenvalue weighted by Gasteiger charge is -2.39. The second-order valence-electron chi connectivity index (χ2n) is 11.9. The van der Waals surface area contributed by atoms with Crippen LogP contribution in [-0.4, -0.2) is 114 Å². The Morgan fingerprint density at radius 2 is 1.57 bits per heavy atom. The largest absolute Gasteiger partial charge is 0.394 e. The van der Waals surface area contributed by atoms with E-state index in [1.807, 2.05) is 18.2 Å². The SMILES string of the molecule is O=C1c2cccc3c(N4CCN(Cc5ccc(Br)cc5)CC4)ccc(c23)C(=O)N1Cc1cn([C@@H]2O[C@H](CO)[C@H](O)[C@H](O)[C@H]2O)nn1. The third-order valence-corrected chi connectivity index (χ3v) is 9.54. The van der Waals surface area contributed by atoms with Crippen molar-refractivity contribution in [3.05, 3.63) is 87.7 Å². The Balaban J connectivity index is 1.08. The normalized spacial score (nSPS) is 25.5. The summed E-state index contributed by atoms with van der Waals surface area (Å²) < 4.78 is 7.73. The number of carbonyl (C=O) groups excluding carboxylic acids is 2. The molecule has 0 spiro atoms. The van der Waals surface area contributed by atoms with Crippen molar-refractivity contribution in [1.82, 2.24) is 24.8 Å². The van der Waals surface area contributed by atoms with Crippen molar-refractivity contribution in [2.45, 2.75) is 43.7 Å². The van der Waals surface area contributed by atoms with Crippen molar-refractivity contribution in [2.24, 2.45) is 0 Å². The number of amides is 2. The predicted octanol–water partition coefficient (Wildman–Crippen LogP) is 1.28. The number of carbonyl (C=O) groups is 2. The summed E-state index contributed by atoms with van der Waals surface area (Å²) >= 11 is 3.49. The van der Waals surface area contributed by atoms with Crippen molar-refractivity contribution >= 4 is 44.2 Å². The highest BCUT2D eigenvalue weighted by Crippen LogP contribution is 2.37. The minimum atomic E-state index is -1.59. The standard InChI is InChI=1S/C32H33BrN6O7/c33-19-6-4-18(5-7-19)14-36-10-12-37(13-11-36)24-9-8-23-26-21(24)2-1-3-22(26)30(44)38(31(23)45)15-20-16-39(35-34-20)32-29(43)28(42)27(41)25(17-40)46-32/h1-9,16,25,27-29,32,40-43H,10-15,17H2/t25-,27+,28+,29-,32-/m1/s1. The Hall–Kier alpha value is -3.76. The topological polar surface area (TPSA) is 165 Å². The minimum absolute atomic E-state index is 0.188. The number of halogens is 1. The van der Waals surface area contributed by atoms with Crippen LogP contribution in [-0.2, 0) is 17.8 Å². The summed E-state index contributed by atoms with van der Waals surface area (Å²) in [5.74, 6) is -0.913. The van der Waals surface area contributed by atoms with Gasteiger partial charge in [-0.1, -0.05) is 45.4 Å². The molecule has 3 aliphatic heterocycles. The molecule has 3 aromatic carbocycles. The van der Waals surface area contributed by atoms with Gasteiger partial charge in [0.05, 0.1) is 19.3 Å². The Morgan fingerprint density at radius 3 is 2.28 bits per heavy atom. The molecule has 4 aromatic rings. The first kappa shape index (κ1) is 30.9. The summed E-state index contributed by atoms with van der Waals surface area (Å²) in [5, 5.41) is 49.7. The highest BCUT2D eigenvalue weighted by molar-refractivity contribution is 9.10. The summed E-state index contributed by atoms with van der Waals surface area (Å²) in [6.45, 7) is 3.49. The zero-order chi connectivity index (χ0) is 32.1. The van der Waals surface area contributed by atoms with Gasteiger partial charge in [0.2, 0.25) is 0 Å². The summed E-state index contributed by atoms with van der Waals surface area (Å²) in [7, 11) is 0. The second kappa shape index (κ2) is 12.4. The van der Waals surface area contributed by atoms with Crippen molar-refractivity contribution in [3.63, 3.8) is 0 Å². The third kappa shape index (κ3) is 5.49. The van der Waals surface area contributed by atoms with Gasteiger partial charge in [0.15, 0.2) is 6.23 Å². The van der Waals surface area contributed by atoms with Gasteiger partial charge < -0.3 is 30.1 Å². The van der Waals surface area contributed by atoms with Crippen molar-refractivity contribution in [3.8, 4) is 0 Å². The van der Waals surface area contributed by atoms with Crippen LogP contribution in [0.5, 0.6) is 0 Å². The van der Waals surface area contributed by atoms with Crippen LogP contribution < -0.4 is 4.90 Å². The number of benzene rings is 3. The molecule has 46 heavy (non-hydrogen) atoms. The average Bonchev–Trinajstić information content (AvgIpc) is 3.54. The van der Waals surface area contributed by atoms with E-state index in [0.717, 1.165) is 57.9 Å².